The molecule has 3 N–H and O–H groups in total. The number of para-hydroxylation sites is 1. The Labute approximate surface area is 88.3 Å². The molecule has 0 amide bonds. The van der Waals surface area contributed by atoms with Crippen molar-refractivity contribution in [3.05, 3.63) is 18.2 Å². The van der Waals surface area contributed by atoms with Crippen molar-refractivity contribution in [1.29, 1.82) is 5.41 Å². The van der Waals surface area contributed by atoms with Crippen molar-refractivity contribution in [3.63, 3.8) is 0 Å². The Morgan fingerprint density at radius 1 is 1.27 bits per heavy atom. The fourth-order valence-corrected chi connectivity index (χ4v) is 1.11. The molecule has 0 fully saturated rings. The van der Waals surface area contributed by atoms with Crippen LogP contribution >= 0.6 is 0 Å². The second-order valence-electron chi connectivity index (χ2n) is 2.81. The molecule has 5 nitrogen and oxygen atoms in total. The number of amidine groups is 1. The molecule has 0 aliphatic rings. The summed E-state index contributed by atoms with van der Waals surface area (Å²) in [5.74, 6) is 1.51. The Morgan fingerprint density at radius 3 is 2.20 bits per heavy atom. The van der Waals surface area contributed by atoms with Crippen LogP contribution in [0.3, 0.4) is 0 Å². The molecule has 1 rings (SSSR count). The van der Waals surface area contributed by atoms with Gasteiger partial charge in [-0.25, -0.2) is 0 Å². The van der Waals surface area contributed by atoms with Crippen LogP contribution in [0.15, 0.2) is 18.2 Å². The second kappa shape index (κ2) is 5.09. The van der Waals surface area contributed by atoms with Gasteiger partial charge in [0.1, 0.15) is 12.4 Å². The maximum absolute atomic E-state index is 7.07. The summed E-state index contributed by atoms with van der Waals surface area (Å²) in [7, 11) is 3.07. The highest BCUT2D eigenvalue weighted by atomic mass is 16.5. The van der Waals surface area contributed by atoms with Crippen LogP contribution in [-0.2, 0) is 0 Å². The van der Waals surface area contributed by atoms with Crippen molar-refractivity contribution in [2.45, 2.75) is 0 Å². The molecule has 0 radical (unpaired) electrons. The van der Waals surface area contributed by atoms with Crippen LogP contribution in [0.1, 0.15) is 0 Å². The monoisotopic (exact) mass is 210 g/mol. The average molecular weight is 210 g/mol. The summed E-state index contributed by atoms with van der Waals surface area (Å²) in [6.45, 7) is 0.0106. The van der Waals surface area contributed by atoms with Crippen LogP contribution in [0.2, 0.25) is 0 Å². The molecule has 15 heavy (non-hydrogen) atoms. The molecule has 0 spiro atoms. The summed E-state index contributed by atoms with van der Waals surface area (Å²) in [5, 5.41) is 7.07. The third-order valence-corrected chi connectivity index (χ3v) is 1.75. The highest BCUT2D eigenvalue weighted by Crippen LogP contribution is 2.36. The van der Waals surface area contributed by atoms with Gasteiger partial charge in [0.25, 0.3) is 0 Å². The van der Waals surface area contributed by atoms with E-state index in [0.717, 1.165) is 0 Å². The lowest BCUT2D eigenvalue weighted by molar-refractivity contribution is 0.307. The van der Waals surface area contributed by atoms with Crippen LogP contribution in [0.4, 0.5) is 0 Å². The molecule has 0 saturated heterocycles. The molecule has 0 atom stereocenters. The zero-order valence-corrected chi connectivity index (χ0v) is 8.74. The molecule has 0 unspecified atom stereocenters. The van der Waals surface area contributed by atoms with E-state index in [-0.39, 0.29) is 12.4 Å². The second-order valence-corrected chi connectivity index (χ2v) is 2.81. The predicted octanol–water partition coefficient (Wildman–Crippen LogP) is 1.02. The van der Waals surface area contributed by atoms with E-state index in [1.165, 1.54) is 14.2 Å². The number of ether oxygens (including phenoxy) is 3. The molecule has 1 aromatic carbocycles. The van der Waals surface area contributed by atoms with Crippen LogP contribution in [0.5, 0.6) is 17.2 Å². The number of nitrogens with two attached hydrogens (primary N) is 1. The van der Waals surface area contributed by atoms with Crippen molar-refractivity contribution in [2.24, 2.45) is 5.73 Å². The minimum atomic E-state index is -0.0528. The van der Waals surface area contributed by atoms with Crippen LogP contribution in [0, 0.1) is 5.41 Å². The van der Waals surface area contributed by atoms with E-state index >= 15 is 0 Å². The molecule has 0 heterocycles. The van der Waals surface area contributed by atoms with Gasteiger partial charge in [-0.15, -0.1) is 0 Å². The van der Waals surface area contributed by atoms with Crippen molar-refractivity contribution < 1.29 is 14.2 Å². The quantitative estimate of drug-likeness (QED) is 0.561. The minimum absolute atomic E-state index is 0.0106. The smallest absolute Gasteiger partial charge is 0.203 e. The van der Waals surface area contributed by atoms with Gasteiger partial charge in [0.05, 0.1) is 14.2 Å². The minimum Gasteiger partial charge on any atom is -0.493 e. The number of hydrogen-bond donors (Lipinski definition) is 2. The summed E-state index contributed by atoms with van der Waals surface area (Å²) in [4.78, 5) is 0. The van der Waals surface area contributed by atoms with E-state index in [4.69, 9.17) is 25.4 Å². The Bertz CT molecular complexity index is 330. The van der Waals surface area contributed by atoms with Crippen molar-refractivity contribution in [3.8, 4) is 17.2 Å². The van der Waals surface area contributed by atoms with E-state index in [2.05, 4.69) is 0 Å². The van der Waals surface area contributed by atoms with E-state index in [9.17, 15) is 0 Å². The summed E-state index contributed by atoms with van der Waals surface area (Å²) in [5.41, 5.74) is 5.20. The summed E-state index contributed by atoms with van der Waals surface area (Å²) >= 11 is 0. The lowest BCUT2D eigenvalue weighted by Gasteiger charge is -2.13. The lowest BCUT2D eigenvalue weighted by Crippen LogP contribution is -2.19. The Kier molecular flexibility index (Phi) is 3.79. The van der Waals surface area contributed by atoms with Gasteiger partial charge < -0.3 is 19.9 Å². The van der Waals surface area contributed by atoms with Gasteiger partial charge in [0.2, 0.25) is 5.75 Å². The van der Waals surface area contributed by atoms with Gasteiger partial charge in [-0.3, -0.25) is 5.41 Å². The van der Waals surface area contributed by atoms with Crippen LogP contribution < -0.4 is 19.9 Å². The molecule has 0 aromatic heterocycles. The number of methoxy groups -OCH3 is 2. The highest BCUT2D eigenvalue weighted by molar-refractivity contribution is 5.78. The molecular formula is C10H14N2O3. The van der Waals surface area contributed by atoms with Gasteiger partial charge >= 0.3 is 0 Å². The SMILES string of the molecule is COc1cccc(OC)c1OCC(=N)N. The van der Waals surface area contributed by atoms with E-state index in [1.54, 1.807) is 18.2 Å². The number of hydrogen-bond acceptors (Lipinski definition) is 4. The zero-order valence-electron chi connectivity index (χ0n) is 8.74. The van der Waals surface area contributed by atoms with Gasteiger partial charge in [-0.05, 0) is 12.1 Å². The van der Waals surface area contributed by atoms with Crippen LogP contribution in [0.25, 0.3) is 0 Å². The summed E-state index contributed by atoms with van der Waals surface area (Å²) in [6, 6.07) is 5.29. The van der Waals surface area contributed by atoms with Crippen LogP contribution in [-0.4, -0.2) is 26.7 Å². The predicted molar refractivity (Wildman–Crippen MR) is 57.0 cm³/mol. The van der Waals surface area contributed by atoms with Gasteiger partial charge in [-0.1, -0.05) is 6.07 Å². The van der Waals surface area contributed by atoms with Crippen molar-refractivity contribution >= 4 is 5.84 Å². The number of rotatable bonds is 5. The topological polar surface area (TPSA) is 77.6 Å². The first-order chi connectivity index (χ1) is 7.19. The highest BCUT2D eigenvalue weighted by Gasteiger charge is 2.10. The first-order valence-electron chi connectivity index (χ1n) is 4.35. The Morgan fingerprint density at radius 2 is 1.80 bits per heavy atom. The Hall–Kier alpha value is -1.91. The number of benzene rings is 1. The first kappa shape index (κ1) is 11.2. The van der Waals surface area contributed by atoms with Gasteiger partial charge in [0, 0.05) is 0 Å². The lowest BCUT2D eigenvalue weighted by atomic mass is 10.3. The Balaban J connectivity index is 2.94. The van der Waals surface area contributed by atoms with Crippen molar-refractivity contribution in [1.82, 2.24) is 0 Å². The first-order valence-corrected chi connectivity index (χ1v) is 4.35. The van der Waals surface area contributed by atoms with E-state index < -0.39 is 0 Å². The molecule has 1 aromatic rings. The molecule has 0 aliphatic carbocycles. The standard InChI is InChI=1S/C10H14N2O3/c1-13-7-4-3-5-8(14-2)10(7)15-6-9(11)12/h3-5H,6H2,1-2H3,(H3,11,12). The molecule has 0 aliphatic heterocycles. The fraction of sp³-hybridized carbons (Fsp3) is 0.300. The maximum atomic E-state index is 7.07. The molecule has 82 valence electrons. The molecule has 0 bridgehead atoms. The normalized spacial score (nSPS) is 9.47. The average Bonchev–Trinajstić information content (AvgIpc) is 2.25. The van der Waals surface area contributed by atoms with Gasteiger partial charge in [-0.2, -0.15) is 0 Å². The molecule has 0 saturated carbocycles. The van der Waals surface area contributed by atoms with Gasteiger partial charge in [0.15, 0.2) is 11.5 Å². The number of nitrogens with one attached hydrogen (secondary N) is 1. The third kappa shape index (κ3) is 2.77. The van der Waals surface area contributed by atoms with E-state index in [1.807, 2.05) is 0 Å². The molecule has 5 heteroatoms. The summed E-state index contributed by atoms with van der Waals surface area (Å²) in [6.07, 6.45) is 0. The largest absolute Gasteiger partial charge is 0.493 e. The maximum Gasteiger partial charge on any atom is 0.203 e. The summed E-state index contributed by atoms with van der Waals surface area (Å²) < 4.78 is 15.5. The third-order valence-electron chi connectivity index (χ3n) is 1.75. The zero-order chi connectivity index (χ0) is 11.3. The van der Waals surface area contributed by atoms with E-state index in [0.29, 0.717) is 17.2 Å². The fourth-order valence-electron chi connectivity index (χ4n) is 1.11. The molecular weight excluding hydrogens is 196 g/mol. The van der Waals surface area contributed by atoms with Crippen molar-refractivity contribution in [2.75, 3.05) is 20.8 Å².